The number of nitrogens with one attached hydrogen (secondary N) is 1. The van der Waals surface area contributed by atoms with E-state index in [0.717, 1.165) is 12.0 Å². The van der Waals surface area contributed by atoms with Crippen LogP contribution in [0.1, 0.15) is 25.7 Å². The maximum atomic E-state index is 3.38. The number of rotatable bonds is 3. The lowest BCUT2D eigenvalue weighted by Crippen LogP contribution is -2.32. The molecule has 14 heavy (non-hydrogen) atoms. The third-order valence-electron chi connectivity index (χ3n) is 3.57. The molecule has 0 bridgehead atoms. The molecule has 0 amide bonds. The molecular formula is C12H22N2. The van der Waals surface area contributed by atoms with Crippen LogP contribution in [-0.2, 0) is 0 Å². The van der Waals surface area contributed by atoms with Gasteiger partial charge in [-0.1, -0.05) is 12.2 Å². The zero-order valence-electron chi connectivity index (χ0n) is 9.21. The van der Waals surface area contributed by atoms with Gasteiger partial charge in [-0.15, -0.1) is 0 Å². The van der Waals surface area contributed by atoms with E-state index in [2.05, 4.69) is 29.4 Å². The van der Waals surface area contributed by atoms with Gasteiger partial charge in [0.15, 0.2) is 0 Å². The highest BCUT2D eigenvalue weighted by Crippen LogP contribution is 2.21. The zero-order valence-corrected chi connectivity index (χ0v) is 9.21. The third-order valence-corrected chi connectivity index (χ3v) is 3.57. The maximum Gasteiger partial charge on any atom is 0.0204 e. The minimum Gasteiger partial charge on any atom is -0.316 e. The summed E-state index contributed by atoms with van der Waals surface area (Å²) in [6.07, 6.45) is 10.0. The molecular weight excluding hydrogens is 172 g/mol. The van der Waals surface area contributed by atoms with E-state index in [-0.39, 0.29) is 0 Å². The summed E-state index contributed by atoms with van der Waals surface area (Å²) in [5.41, 5.74) is 0. The Kier molecular flexibility index (Phi) is 3.60. The number of likely N-dealkylation sites (tertiary alicyclic amines) is 1. The van der Waals surface area contributed by atoms with Crippen LogP contribution in [0.2, 0.25) is 0 Å². The Hall–Kier alpha value is -0.340. The van der Waals surface area contributed by atoms with Crippen molar-refractivity contribution in [3.63, 3.8) is 0 Å². The summed E-state index contributed by atoms with van der Waals surface area (Å²) in [6, 6.07) is 0.745. The Morgan fingerprint density at radius 1 is 1.36 bits per heavy atom. The lowest BCUT2D eigenvalue weighted by Gasteiger charge is -2.24. The molecule has 1 aliphatic heterocycles. The van der Waals surface area contributed by atoms with Crippen LogP contribution < -0.4 is 5.32 Å². The number of hydrogen-bond donors (Lipinski definition) is 1. The molecule has 80 valence electrons. The van der Waals surface area contributed by atoms with Gasteiger partial charge in [-0.2, -0.15) is 0 Å². The number of nitrogens with zero attached hydrogens (tertiary/aromatic N) is 1. The van der Waals surface area contributed by atoms with Crippen molar-refractivity contribution in [2.75, 3.05) is 26.7 Å². The first kappa shape index (κ1) is 10.2. The standard InChI is InChI=1S/C12H22N2/c1-13-12-7-8-14(10-12)9-11-5-3-2-4-6-11/h2-3,11-13H,4-10H2,1H3. The van der Waals surface area contributed by atoms with E-state index in [9.17, 15) is 0 Å². The predicted molar refractivity (Wildman–Crippen MR) is 60.4 cm³/mol. The van der Waals surface area contributed by atoms with Crippen molar-refractivity contribution in [3.8, 4) is 0 Å². The molecule has 0 aromatic rings. The molecule has 1 N–H and O–H groups in total. The highest BCUT2D eigenvalue weighted by molar-refractivity contribution is 4.92. The molecule has 0 spiro atoms. The van der Waals surface area contributed by atoms with Gasteiger partial charge in [-0.3, -0.25) is 0 Å². The number of allylic oxidation sites excluding steroid dienone is 2. The zero-order chi connectivity index (χ0) is 9.80. The average molecular weight is 194 g/mol. The van der Waals surface area contributed by atoms with Crippen LogP contribution in [0.15, 0.2) is 12.2 Å². The van der Waals surface area contributed by atoms with E-state index >= 15 is 0 Å². The van der Waals surface area contributed by atoms with E-state index in [0.29, 0.717) is 0 Å². The van der Waals surface area contributed by atoms with Gasteiger partial charge < -0.3 is 10.2 Å². The van der Waals surface area contributed by atoms with Gasteiger partial charge in [-0.05, 0) is 45.2 Å². The molecule has 0 aromatic carbocycles. The Labute approximate surface area is 87.4 Å². The SMILES string of the molecule is CNC1CCN(CC2CC=CCC2)C1. The summed E-state index contributed by atoms with van der Waals surface area (Å²) in [7, 11) is 2.08. The number of likely N-dealkylation sites (N-methyl/N-ethyl adjacent to an activating group) is 1. The molecule has 2 unspecified atom stereocenters. The minimum atomic E-state index is 0.745. The molecule has 2 rings (SSSR count). The van der Waals surface area contributed by atoms with Crippen molar-refractivity contribution >= 4 is 0 Å². The summed E-state index contributed by atoms with van der Waals surface area (Å²) in [4.78, 5) is 2.63. The van der Waals surface area contributed by atoms with Crippen molar-refractivity contribution < 1.29 is 0 Å². The lowest BCUT2D eigenvalue weighted by molar-refractivity contribution is 0.261. The second-order valence-corrected chi connectivity index (χ2v) is 4.68. The van der Waals surface area contributed by atoms with E-state index in [1.54, 1.807) is 0 Å². The molecule has 1 heterocycles. The first-order valence-electron chi connectivity index (χ1n) is 5.93. The molecule has 1 saturated heterocycles. The van der Waals surface area contributed by atoms with Gasteiger partial charge in [0.1, 0.15) is 0 Å². The molecule has 0 saturated carbocycles. The van der Waals surface area contributed by atoms with E-state index < -0.39 is 0 Å². The fraction of sp³-hybridized carbons (Fsp3) is 0.833. The molecule has 0 radical (unpaired) electrons. The van der Waals surface area contributed by atoms with Crippen LogP contribution in [0, 0.1) is 5.92 Å². The van der Waals surface area contributed by atoms with Crippen LogP contribution in [0.3, 0.4) is 0 Å². The van der Waals surface area contributed by atoms with Gasteiger partial charge in [0.2, 0.25) is 0 Å². The average Bonchev–Trinajstić information content (AvgIpc) is 2.67. The van der Waals surface area contributed by atoms with Crippen molar-refractivity contribution in [3.05, 3.63) is 12.2 Å². The normalized spacial score (nSPS) is 33.8. The van der Waals surface area contributed by atoms with E-state index in [4.69, 9.17) is 0 Å². The highest BCUT2D eigenvalue weighted by Gasteiger charge is 2.23. The van der Waals surface area contributed by atoms with Gasteiger partial charge in [0.05, 0.1) is 0 Å². The van der Waals surface area contributed by atoms with Crippen LogP contribution in [0.5, 0.6) is 0 Å². The third kappa shape index (κ3) is 2.58. The van der Waals surface area contributed by atoms with Gasteiger partial charge in [-0.25, -0.2) is 0 Å². The fourth-order valence-electron chi connectivity index (χ4n) is 2.62. The highest BCUT2D eigenvalue weighted by atomic mass is 15.2. The molecule has 0 aromatic heterocycles. The van der Waals surface area contributed by atoms with Crippen molar-refractivity contribution in [1.29, 1.82) is 0 Å². The minimum absolute atomic E-state index is 0.745. The van der Waals surface area contributed by atoms with Crippen LogP contribution in [0.25, 0.3) is 0 Å². The lowest BCUT2D eigenvalue weighted by atomic mass is 9.94. The Balaban J connectivity index is 1.73. The van der Waals surface area contributed by atoms with Crippen molar-refractivity contribution in [2.45, 2.75) is 31.7 Å². The van der Waals surface area contributed by atoms with Crippen molar-refractivity contribution in [2.24, 2.45) is 5.92 Å². The van der Waals surface area contributed by atoms with Crippen molar-refractivity contribution in [1.82, 2.24) is 10.2 Å². The molecule has 2 nitrogen and oxygen atoms in total. The Bertz CT molecular complexity index is 200. The van der Waals surface area contributed by atoms with Crippen LogP contribution >= 0.6 is 0 Å². The molecule has 2 heteroatoms. The molecule has 1 aliphatic carbocycles. The quantitative estimate of drug-likeness (QED) is 0.687. The monoisotopic (exact) mass is 194 g/mol. The smallest absolute Gasteiger partial charge is 0.0204 e. The first-order chi connectivity index (χ1) is 6.88. The van der Waals surface area contributed by atoms with Crippen LogP contribution in [0.4, 0.5) is 0 Å². The molecule has 2 atom stereocenters. The topological polar surface area (TPSA) is 15.3 Å². The Morgan fingerprint density at radius 3 is 2.93 bits per heavy atom. The summed E-state index contributed by atoms with van der Waals surface area (Å²) >= 11 is 0. The summed E-state index contributed by atoms with van der Waals surface area (Å²) < 4.78 is 0. The summed E-state index contributed by atoms with van der Waals surface area (Å²) in [6.45, 7) is 3.88. The second kappa shape index (κ2) is 4.94. The molecule has 2 aliphatic rings. The predicted octanol–water partition coefficient (Wildman–Crippen LogP) is 1.64. The van der Waals surface area contributed by atoms with Crippen LogP contribution in [-0.4, -0.2) is 37.6 Å². The second-order valence-electron chi connectivity index (χ2n) is 4.68. The largest absolute Gasteiger partial charge is 0.316 e. The van der Waals surface area contributed by atoms with E-state index in [1.165, 1.54) is 45.3 Å². The van der Waals surface area contributed by atoms with Gasteiger partial charge in [0.25, 0.3) is 0 Å². The molecule has 1 fully saturated rings. The Morgan fingerprint density at radius 2 is 2.29 bits per heavy atom. The fourth-order valence-corrected chi connectivity index (χ4v) is 2.62. The number of hydrogen-bond acceptors (Lipinski definition) is 2. The van der Waals surface area contributed by atoms with Gasteiger partial charge >= 0.3 is 0 Å². The van der Waals surface area contributed by atoms with Gasteiger partial charge in [0, 0.05) is 19.1 Å². The summed E-state index contributed by atoms with van der Waals surface area (Å²) in [5, 5.41) is 3.38. The maximum absolute atomic E-state index is 3.38. The van der Waals surface area contributed by atoms with E-state index in [1.807, 2.05) is 0 Å². The summed E-state index contributed by atoms with van der Waals surface area (Å²) in [5.74, 6) is 0.926. The first-order valence-corrected chi connectivity index (χ1v) is 5.93.